The van der Waals surface area contributed by atoms with E-state index in [2.05, 4.69) is 5.14 Å². The average Bonchev–Trinajstić information content (AvgIpc) is 2.04. The van der Waals surface area contributed by atoms with Gasteiger partial charge in [-0.3, -0.25) is 9.35 Å². The highest BCUT2D eigenvalue weighted by atomic mass is 32.2. The number of anilines is 1. The van der Waals surface area contributed by atoms with Crippen molar-refractivity contribution in [2.24, 2.45) is 5.14 Å². The molecule has 0 saturated carbocycles. The van der Waals surface area contributed by atoms with Gasteiger partial charge in [0, 0.05) is 17.0 Å². The van der Waals surface area contributed by atoms with Crippen molar-refractivity contribution in [2.45, 2.75) is 0 Å². The van der Waals surface area contributed by atoms with E-state index in [1.54, 1.807) is 24.3 Å². The zero-order valence-corrected chi connectivity index (χ0v) is 7.45. The molecular formula is C7H8N3O2S-. The summed E-state index contributed by atoms with van der Waals surface area (Å²) in [5.41, 5.74) is 6.49. The molecule has 1 rings (SSSR count). The molecule has 5 nitrogen and oxygen atoms in total. The van der Waals surface area contributed by atoms with Crippen LogP contribution < -0.4 is 10.9 Å². The number of para-hydroxylation sites is 1. The molecule has 0 amide bonds. The minimum absolute atomic E-state index is 0.539. The maximum atomic E-state index is 8.78. The lowest BCUT2D eigenvalue weighted by Gasteiger charge is -1.91. The molecule has 0 aliphatic rings. The fourth-order valence-corrected chi connectivity index (χ4v) is 0.599. The van der Waals surface area contributed by atoms with Crippen molar-refractivity contribution in [3.8, 4) is 6.07 Å². The minimum Gasteiger partial charge on any atom is -0.760 e. The van der Waals surface area contributed by atoms with E-state index in [-0.39, 0.29) is 0 Å². The third-order valence-electron chi connectivity index (χ3n) is 1.08. The van der Waals surface area contributed by atoms with Crippen molar-refractivity contribution in [1.29, 1.82) is 5.26 Å². The van der Waals surface area contributed by atoms with Crippen LogP contribution >= 0.6 is 0 Å². The summed E-state index contributed by atoms with van der Waals surface area (Å²) in [6.45, 7) is 0. The lowest BCUT2D eigenvalue weighted by molar-refractivity contribution is 0.539. The molecule has 6 heteroatoms. The first-order valence-electron chi connectivity index (χ1n) is 3.16. The highest BCUT2D eigenvalue weighted by Crippen LogP contribution is 2.06. The van der Waals surface area contributed by atoms with Crippen LogP contribution in [0.4, 0.5) is 5.69 Å². The number of nitrogens with two attached hydrogens (primary N) is 2. The van der Waals surface area contributed by atoms with Crippen molar-refractivity contribution >= 4 is 17.0 Å². The maximum Gasteiger partial charge on any atom is 0.101 e. The van der Waals surface area contributed by atoms with Crippen molar-refractivity contribution in [2.75, 3.05) is 5.73 Å². The second kappa shape index (κ2) is 6.14. The summed E-state index contributed by atoms with van der Waals surface area (Å²) in [7, 11) is 0. The molecule has 70 valence electrons. The van der Waals surface area contributed by atoms with Crippen LogP contribution in [0, 0.1) is 11.3 Å². The van der Waals surface area contributed by atoms with Gasteiger partial charge in [-0.25, -0.2) is 0 Å². The van der Waals surface area contributed by atoms with Gasteiger partial charge in [0.25, 0.3) is 0 Å². The summed E-state index contributed by atoms with van der Waals surface area (Å²) in [5.74, 6) is 0. The van der Waals surface area contributed by atoms with Crippen LogP contribution in [0.3, 0.4) is 0 Å². The number of rotatable bonds is 0. The molecule has 0 bridgehead atoms. The Bertz CT molecular complexity index is 331. The van der Waals surface area contributed by atoms with Crippen molar-refractivity contribution in [3.05, 3.63) is 29.8 Å². The van der Waals surface area contributed by atoms with E-state index < -0.39 is 11.3 Å². The number of nitrogen functional groups attached to an aromatic ring is 1. The summed E-state index contributed by atoms with van der Waals surface area (Å²) in [5, 5.41) is 12.4. The van der Waals surface area contributed by atoms with E-state index >= 15 is 0 Å². The van der Waals surface area contributed by atoms with Crippen LogP contribution in [0.5, 0.6) is 0 Å². The number of hydrogen-bond acceptors (Lipinski definition) is 4. The molecule has 0 aliphatic carbocycles. The minimum atomic E-state index is -2.36. The topological polar surface area (TPSA) is 116 Å². The van der Waals surface area contributed by atoms with Crippen LogP contribution in [-0.4, -0.2) is 8.76 Å². The third kappa shape index (κ3) is 5.81. The summed E-state index contributed by atoms with van der Waals surface area (Å²) < 4.78 is 17.6. The van der Waals surface area contributed by atoms with Gasteiger partial charge in [0.05, 0.1) is 5.56 Å². The molecule has 0 aliphatic heterocycles. The Morgan fingerprint density at radius 1 is 1.46 bits per heavy atom. The van der Waals surface area contributed by atoms with Crippen molar-refractivity contribution in [3.63, 3.8) is 0 Å². The number of hydrogen-bond donors (Lipinski definition) is 2. The first kappa shape index (κ1) is 11.6. The van der Waals surface area contributed by atoms with Gasteiger partial charge < -0.3 is 10.3 Å². The molecule has 4 N–H and O–H groups in total. The van der Waals surface area contributed by atoms with Crippen LogP contribution in [0.1, 0.15) is 5.56 Å². The fraction of sp³-hybridized carbons (Fsp3) is 0. The summed E-state index contributed by atoms with van der Waals surface area (Å²) in [6, 6.07) is 8.96. The predicted octanol–water partition coefficient (Wildman–Crippen LogP) is -0.120. The lowest BCUT2D eigenvalue weighted by Crippen LogP contribution is -1.97. The Kier molecular flexibility index (Phi) is 5.47. The molecule has 0 saturated heterocycles. The second-order valence-electron chi connectivity index (χ2n) is 1.96. The second-order valence-corrected chi connectivity index (χ2v) is 2.48. The van der Waals surface area contributed by atoms with E-state index in [0.29, 0.717) is 11.3 Å². The van der Waals surface area contributed by atoms with Gasteiger partial charge in [-0.05, 0) is 12.1 Å². The van der Waals surface area contributed by atoms with Gasteiger partial charge in [-0.1, -0.05) is 12.1 Å². The Balaban J connectivity index is 0.000000310. The molecule has 0 fully saturated rings. The van der Waals surface area contributed by atoms with Gasteiger partial charge in [0.2, 0.25) is 0 Å². The van der Waals surface area contributed by atoms with Gasteiger partial charge in [0.1, 0.15) is 6.07 Å². The molecule has 13 heavy (non-hydrogen) atoms. The maximum absolute atomic E-state index is 8.78. The zero-order valence-electron chi connectivity index (χ0n) is 6.64. The number of nitrogens with zero attached hydrogens (tertiary/aromatic N) is 1. The van der Waals surface area contributed by atoms with E-state index in [1.165, 1.54) is 0 Å². The molecule has 1 aromatic carbocycles. The molecule has 0 radical (unpaired) electrons. The van der Waals surface area contributed by atoms with Gasteiger partial charge >= 0.3 is 0 Å². The Labute approximate surface area is 78.4 Å². The number of benzene rings is 1. The largest absolute Gasteiger partial charge is 0.760 e. The smallest absolute Gasteiger partial charge is 0.101 e. The summed E-state index contributed by atoms with van der Waals surface area (Å²) in [4.78, 5) is 0. The normalized spacial score (nSPS) is 10.5. The molecule has 0 spiro atoms. The van der Waals surface area contributed by atoms with Gasteiger partial charge in [-0.15, -0.1) is 0 Å². The molecular weight excluding hydrogens is 190 g/mol. The SMILES string of the molecule is N#Cc1ccccc1N.NS(=O)[O-]. The van der Waals surface area contributed by atoms with Crippen LogP contribution in [0.15, 0.2) is 24.3 Å². The first-order valence-corrected chi connectivity index (χ1v) is 4.30. The van der Waals surface area contributed by atoms with E-state index in [9.17, 15) is 0 Å². The zero-order chi connectivity index (χ0) is 10.3. The molecule has 1 aromatic rings. The molecule has 0 heterocycles. The molecule has 1 atom stereocenters. The monoisotopic (exact) mass is 198 g/mol. The number of nitriles is 1. The third-order valence-corrected chi connectivity index (χ3v) is 1.08. The highest BCUT2D eigenvalue weighted by Gasteiger charge is 1.90. The van der Waals surface area contributed by atoms with Crippen molar-refractivity contribution < 1.29 is 8.76 Å². The highest BCUT2D eigenvalue weighted by molar-refractivity contribution is 7.76. The van der Waals surface area contributed by atoms with E-state index in [0.717, 1.165) is 0 Å². The van der Waals surface area contributed by atoms with Gasteiger partial charge in [-0.2, -0.15) is 5.26 Å². The predicted molar refractivity (Wildman–Crippen MR) is 48.7 cm³/mol. The average molecular weight is 198 g/mol. The molecule has 1 unspecified atom stereocenters. The summed E-state index contributed by atoms with van der Waals surface area (Å²) >= 11 is -2.36. The Hall–Kier alpha value is -1.42. The Morgan fingerprint density at radius 3 is 2.23 bits per heavy atom. The quantitative estimate of drug-likeness (QED) is 0.446. The lowest BCUT2D eigenvalue weighted by atomic mass is 10.2. The standard InChI is InChI=1S/C7H6N2.H3NO2S/c8-5-6-3-1-2-4-7(6)9;1-4(2)3/h1-4H,9H2;1H2,(H,2,3)/p-1. The fourth-order valence-electron chi connectivity index (χ4n) is 0.599. The van der Waals surface area contributed by atoms with E-state index in [4.69, 9.17) is 19.8 Å². The van der Waals surface area contributed by atoms with Crippen molar-refractivity contribution in [1.82, 2.24) is 0 Å². The first-order chi connectivity index (χ1) is 6.07. The summed E-state index contributed by atoms with van der Waals surface area (Å²) in [6.07, 6.45) is 0. The van der Waals surface area contributed by atoms with E-state index in [1.807, 2.05) is 6.07 Å². The molecule has 0 aromatic heterocycles. The Morgan fingerprint density at radius 2 is 1.92 bits per heavy atom. The van der Waals surface area contributed by atoms with Crippen LogP contribution in [0.2, 0.25) is 0 Å². The van der Waals surface area contributed by atoms with Crippen LogP contribution in [-0.2, 0) is 11.3 Å². The van der Waals surface area contributed by atoms with Crippen LogP contribution in [0.25, 0.3) is 0 Å². The van der Waals surface area contributed by atoms with Gasteiger partial charge in [0.15, 0.2) is 0 Å².